The van der Waals surface area contributed by atoms with E-state index in [2.05, 4.69) is 71.4 Å². The molecule has 18 heavy (non-hydrogen) atoms. The molecule has 0 radical (unpaired) electrons. The molecule has 0 spiro atoms. The summed E-state index contributed by atoms with van der Waals surface area (Å²) in [5, 5.41) is 0.0438. The highest BCUT2D eigenvalue weighted by Crippen LogP contribution is 2.28. The van der Waals surface area contributed by atoms with E-state index in [1.165, 1.54) is 16.7 Å². The van der Waals surface area contributed by atoms with Crippen LogP contribution in [0.2, 0.25) is 0 Å². The minimum Gasteiger partial charge on any atom is -0.117 e. The number of aryl methyl sites for hydroxylation is 1. The number of benzene rings is 2. The lowest BCUT2D eigenvalue weighted by Gasteiger charge is -2.14. The Balaban J connectivity index is 2.16. The Morgan fingerprint density at radius 1 is 1.06 bits per heavy atom. The van der Waals surface area contributed by atoms with Crippen LogP contribution in [0, 0.1) is 0 Å². The standard InChI is InChI=1S/C16H16BrCl/c1-2-13-5-3-4-6-15(13)16(18)11-12-7-9-14(17)10-8-12/h3-10,16H,2,11H2,1H3. The van der Waals surface area contributed by atoms with Gasteiger partial charge >= 0.3 is 0 Å². The Bertz CT molecular complexity index is 505. The van der Waals surface area contributed by atoms with Gasteiger partial charge < -0.3 is 0 Å². The summed E-state index contributed by atoms with van der Waals surface area (Å²) in [5.41, 5.74) is 3.86. The van der Waals surface area contributed by atoms with E-state index >= 15 is 0 Å². The fraction of sp³-hybridized carbons (Fsp3) is 0.250. The minimum absolute atomic E-state index is 0.0438. The zero-order valence-electron chi connectivity index (χ0n) is 10.4. The third-order valence-electron chi connectivity index (χ3n) is 3.10. The lowest BCUT2D eigenvalue weighted by atomic mass is 9.98. The van der Waals surface area contributed by atoms with Crippen molar-refractivity contribution in [1.82, 2.24) is 0 Å². The van der Waals surface area contributed by atoms with Crippen molar-refractivity contribution >= 4 is 27.5 Å². The zero-order chi connectivity index (χ0) is 13.0. The second kappa shape index (κ2) is 6.40. The number of hydrogen-bond donors (Lipinski definition) is 0. The number of hydrogen-bond acceptors (Lipinski definition) is 0. The van der Waals surface area contributed by atoms with E-state index < -0.39 is 0 Å². The minimum atomic E-state index is 0.0438. The second-order valence-corrected chi connectivity index (χ2v) is 5.79. The second-order valence-electron chi connectivity index (χ2n) is 4.35. The molecule has 0 fully saturated rings. The van der Waals surface area contributed by atoms with Gasteiger partial charge in [-0.1, -0.05) is 59.3 Å². The zero-order valence-corrected chi connectivity index (χ0v) is 12.7. The topological polar surface area (TPSA) is 0 Å². The summed E-state index contributed by atoms with van der Waals surface area (Å²) in [4.78, 5) is 0. The summed E-state index contributed by atoms with van der Waals surface area (Å²) in [5.74, 6) is 0. The van der Waals surface area contributed by atoms with Crippen LogP contribution in [0.4, 0.5) is 0 Å². The van der Waals surface area contributed by atoms with Crippen LogP contribution in [-0.2, 0) is 12.8 Å². The van der Waals surface area contributed by atoms with Crippen molar-refractivity contribution in [1.29, 1.82) is 0 Å². The molecule has 1 atom stereocenters. The normalized spacial score (nSPS) is 12.4. The van der Waals surface area contributed by atoms with Gasteiger partial charge in [-0.2, -0.15) is 0 Å². The van der Waals surface area contributed by atoms with Gasteiger partial charge in [0.05, 0.1) is 5.38 Å². The monoisotopic (exact) mass is 322 g/mol. The van der Waals surface area contributed by atoms with Crippen molar-refractivity contribution in [3.05, 3.63) is 69.7 Å². The Morgan fingerprint density at radius 3 is 2.39 bits per heavy atom. The van der Waals surface area contributed by atoms with Crippen LogP contribution in [0.1, 0.15) is 29.0 Å². The highest BCUT2D eigenvalue weighted by atomic mass is 79.9. The van der Waals surface area contributed by atoms with E-state index in [1.807, 2.05) is 0 Å². The van der Waals surface area contributed by atoms with Gasteiger partial charge in [-0.25, -0.2) is 0 Å². The lowest BCUT2D eigenvalue weighted by molar-refractivity contribution is 0.895. The molecule has 0 saturated carbocycles. The fourth-order valence-electron chi connectivity index (χ4n) is 2.10. The van der Waals surface area contributed by atoms with Gasteiger partial charge in [-0.3, -0.25) is 0 Å². The predicted octanol–water partition coefficient (Wildman–Crippen LogP) is 5.53. The molecular formula is C16H16BrCl. The maximum absolute atomic E-state index is 6.55. The van der Waals surface area contributed by atoms with Crippen molar-refractivity contribution < 1.29 is 0 Å². The SMILES string of the molecule is CCc1ccccc1C(Cl)Cc1ccc(Br)cc1. The van der Waals surface area contributed by atoms with Crippen LogP contribution in [0.5, 0.6) is 0 Å². The molecule has 0 heterocycles. The summed E-state index contributed by atoms with van der Waals surface area (Å²) in [6.07, 6.45) is 1.89. The quantitative estimate of drug-likeness (QED) is 0.649. The number of alkyl halides is 1. The first-order valence-corrected chi connectivity index (χ1v) is 7.40. The highest BCUT2D eigenvalue weighted by Gasteiger charge is 2.11. The van der Waals surface area contributed by atoms with Crippen LogP contribution in [-0.4, -0.2) is 0 Å². The van der Waals surface area contributed by atoms with Gasteiger partial charge in [-0.05, 0) is 41.7 Å². The predicted molar refractivity (Wildman–Crippen MR) is 82.3 cm³/mol. The van der Waals surface area contributed by atoms with Crippen molar-refractivity contribution in [3.8, 4) is 0 Å². The van der Waals surface area contributed by atoms with Gasteiger partial charge in [-0.15, -0.1) is 11.6 Å². The molecule has 2 rings (SSSR count). The molecule has 94 valence electrons. The Kier molecular flexibility index (Phi) is 4.85. The van der Waals surface area contributed by atoms with E-state index in [9.17, 15) is 0 Å². The summed E-state index contributed by atoms with van der Waals surface area (Å²) in [6.45, 7) is 2.17. The average molecular weight is 324 g/mol. The summed E-state index contributed by atoms with van der Waals surface area (Å²) in [7, 11) is 0. The first-order chi connectivity index (χ1) is 8.70. The molecule has 2 heteroatoms. The molecule has 0 nitrogen and oxygen atoms in total. The molecule has 0 amide bonds. The molecule has 0 aliphatic rings. The molecule has 1 unspecified atom stereocenters. The number of rotatable bonds is 4. The maximum Gasteiger partial charge on any atom is 0.0628 e. The highest BCUT2D eigenvalue weighted by molar-refractivity contribution is 9.10. The van der Waals surface area contributed by atoms with Gasteiger partial charge in [0, 0.05) is 4.47 Å². The van der Waals surface area contributed by atoms with E-state index in [0.717, 1.165) is 17.3 Å². The Hall–Kier alpha value is -0.790. The summed E-state index contributed by atoms with van der Waals surface area (Å²) >= 11 is 10.00. The fourth-order valence-corrected chi connectivity index (χ4v) is 2.75. The van der Waals surface area contributed by atoms with Crippen molar-refractivity contribution in [2.24, 2.45) is 0 Å². The largest absolute Gasteiger partial charge is 0.117 e. The Labute approximate surface area is 122 Å². The van der Waals surface area contributed by atoms with Crippen LogP contribution in [0.15, 0.2) is 53.0 Å². The van der Waals surface area contributed by atoms with Gasteiger partial charge in [0.2, 0.25) is 0 Å². The third-order valence-corrected chi connectivity index (χ3v) is 4.02. The summed E-state index contributed by atoms with van der Waals surface area (Å²) in [6, 6.07) is 16.8. The van der Waals surface area contributed by atoms with Crippen molar-refractivity contribution in [3.63, 3.8) is 0 Å². The summed E-state index contributed by atoms with van der Waals surface area (Å²) < 4.78 is 1.10. The van der Waals surface area contributed by atoms with Crippen molar-refractivity contribution in [2.75, 3.05) is 0 Å². The van der Waals surface area contributed by atoms with Gasteiger partial charge in [0.15, 0.2) is 0 Å². The van der Waals surface area contributed by atoms with Crippen LogP contribution < -0.4 is 0 Å². The molecule has 0 aromatic heterocycles. The molecule has 0 aliphatic heterocycles. The first kappa shape index (κ1) is 13.6. The van der Waals surface area contributed by atoms with E-state index in [1.54, 1.807) is 0 Å². The third kappa shape index (κ3) is 3.37. The lowest BCUT2D eigenvalue weighted by Crippen LogP contribution is -2.00. The maximum atomic E-state index is 6.55. The molecule has 0 saturated heterocycles. The molecule has 2 aromatic rings. The Morgan fingerprint density at radius 2 is 1.72 bits per heavy atom. The van der Waals surface area contributed by atoms with Crippen LogP contribution in [0.3, 0.4) is 0 Å². The van der Waals surface area contributed by atoms with E-state index in [0.29, 0.717) is 0 Å². The van der Waals surface area contributed by atoms with Crippen LogP contribution >= 0.6 is 27.5 Å². The molecule has 0 bridgehead atoms. The van der Waals surface area contributed by atoms with Crippen LogP contribution in [0.25, 0.3) is 0 Å². The molecular weight excluding hydrogens is 308 g/mol. The van der Waals surface area contributed by atoms with Gasteiger partial charge in [0.25, 0.3) is 0 Å². The smallest absolute Gasteiger partial charge is 0.0628 e. The molecule has 0 N–H and O–H groups in total. The van der Waals surface area contributed by atoms with Crippen molar-refractivity contribution in [2.45, 2.75) is 25.1 Å². The van der Waals surface area contributed by atoms with E-state index in [4.69, 9.17) is 11.6 Å². The first-order valence-electron chi connectivity index (χ1n) is 6.17. The molecule has 2 aromatic carbocycles. The number of halogens is 2. The van der Waals surface area contributed by atoms with E-state index in [-0.39, 0.29) is 5.38 Å². The van der Waals surface area contributed by atoms with Gasteiger partial charge in [0.1, 0.15) is 0 Å². The average Bonchev–Trinajstić information content (AvgIpc) is 2.41. The molecule has 0 aliphatic carbocycles.